The minimum absolute atomic E-state index is 0.243. The maximum absolute atomic E-state index is 5.82. The van der Waals surface area contributed by atoms with Gasteiger partial charge in [-0.25, -0.2) is 0 Å². The van der Waals surface area contributed by atoms with E-state index in [1.165, 1.54) is 37.8 Å². The number of allylic oxidation sites excluding steroid dienone is 2. The fourth-order valence-electron chi connectivity index (χ4n) is 2.64. The minimum Gasteiger partial charge on any atom is -0.489 e. The molecule has 1 aliphatic carbocycles. The zero-order valence-electron chi connectivity index (χ0n) is 10.5. The molecular formula is C14H23NO. The third kappa shape index (κ3) is 3.10. The summed E-state index contributed by atoms with van der Waals surface area (Å²) in [6.07, 6.45) is 11.3. The Kier molecular flexibility index (Phi) is 4.03. The van der Waals surface area contributed by atoms with E-state index >= 15 is 0 Å². The average Bonchev–Trinajstić information content (AvgIpc) is 2.30. The highest BCUT2D eigenvalue weighted by Crippen LogP contribution is 2.23. The number of ether oxygens (including phenoxy) is 1. The van der Waals surface area contributed by atoms with Gasteiger partial charge in [0.1, 0.15) is 6.10 Å². The fourth-order valence-corrected chi connectivity index (χ4v) is 2.64. The molecule has 1 saturated carbocycles. The number of hydrogen-bond donors (Lipinski definition) is 0. The van der Waals surface area contributed by atoms with Gasteiger partial charge in [-0.15, -0.1) is 0 Å². The maximum Gasteiger partial charge on any atom is 0.136 e. The Morgan fingerprint density at radius 1 is 1.25 bits per heavy atom. The van der Waals surface area contributed by atoms with Gasteiger partial charge < -0.3 is 4.74 Å². The van der Waals surface area contributed by atoms with Crippen molar-refractivity contribution in [2.75, 3.05) is 0 Å². The summed E-state index contributed by atoms with van der Waals surface area (Å²) < 4.78 is 5.82. The van der Waals surface area contributed by atoms with Crippen molar-refractivity contribution in [2.24, 2.45) is 4.99 Å². The molecule has 0 saturated heterocycles. The predicted octanol–water partition coefficient (Wildman–Crippen LogP) is 3.86. The lowest BCUT2D eigenvalue weighted by Gasteiger charge is -2.25. The first-order valence-electron chi connectivity index (χ1n) is 6.63. The fraction of sp³-hybridized carbons (Fsp3) is 0.786. The lowest BCUT2D eigenvalue weighted by molar-refractivity contribution is 0.148. The van der Waals surface area contributed by atoms with Crippen molar-refractivity contribution in [3.63, 3.8) is 0 Å². The highest BCUT2D eigenvalue weighted by molar-refractivity contribution is 5.86. The Bertz CT molecular complexity index is 287. The lowest BCUT2D eigenvalue weighted by Crippen LogP contribution is -2.25. The highest BCUT2D eigenvalue weighted by atomic mass is 16.5. The third-order valence-corrected chi connectivity index (χ3v) is 3.62. The van der Waals surface area contributed by atoms with E-state index in [-0.39, 0.29) is 6.10 Å². The van der Waals surface area contributed by atoms with Gasteiger partial charge in [-0.2, -0.15) is 0 Å². The molecule has 2 heteroatoms. The van der Waals surface area contributed by atoms with Crippen LogP contribution < -0.4 is 0 Å². The lowest BCUT2D eigenvalue weighted by atomic mass is 9.95. The molecule has 1 aliphatic heterocycles. The summed E-state index contributed by atoms with van der Waals surface area (Å²) in [5.74, 6) is 1.06. The number of rotatable bonds is 2. The second kappa shape index (κ2) is 5.51. The monoisotopic (exact) mass is 221 g/mol. The van der Waals surface area contributed by atoms with Gasteiger partial charge >= 0.3 is 0 Å². The summed E-state index contributed by atoms with van der Waals surface area (Å²) in [4.78, 5) is 4.86. The van der Waals surface area contributed by atoms with E-state index in [1.807, 2.05) is 6.92 Å². The summed E-state index contributed by atoms with van der Waals surface area (Å²) in [5.41, 5.74) is 1.21. The normalized spacial score (nSPS) is 28.5. The van der Waals surface area contributed by atoms with Gasteiger partial charge in [-0.3, -0.25) is 4.99 Å². The van der Waals surface area contributed by atoms with Crippen LogP contribution in [0, 0.1) is 0 Å². The zero-order chi connectivity index (χ0) is 11.4. The van der Waals surface area contributed by atoms with Crippen molar-refractivity contribution in [1.29, 1.82) is 0 Å². The molecule has 0 radical (unpaired) electrons. The SMILES string of the molecule is CC1=CCCC(C(C)=NC2CCCCC2)O1. The number of hydrogen-bond acceptors (Lipinski definition) is 2. The van der Waals surface area contributed by atoms with E-state index in [0.29, 0.717) is 6.04 Å². The smallest absolute Gasteiger partial charge is 0.136 e. The molecule has 1 fully saturated rings. The van der Waals surface area contributed by atoms with Crippen LogP contribution in [0.4, 0.5) is 0 Å². The first-order chi connectivity index (χ1) is 7.75. The molecule has 0 amide bonds. The van der Waals surface area contributed by atoms with Crippen LogP contribution in [0.1, 0.15) is 58.8 Å². The van der Waals surface area contributed by atoms with Crippen molar-refractivity contribution in [3.8, 4) is 0 Å². The molecule has 2 rings (SSSR count). The molecule has 0 aromatic rings. The predicted molar refractivity (Wildman–Crippen MR) is 67.8 cm³/mol. The van der Waals surface area contributed by atoms with Crippen molar-refractivity contribution in [3.05, 3.63) is 11.8 Å². The second-order valence-electron chi connectivity index (χ2n) is 5.06. The van der Waals surface area contributed by atoms with Crippen LogP contribution >= 0.6 is 0 Å². The van der Waals surface area contributed by atoms with Crippen LogP contribution in [-0.4, -0.2) is 17.9 Å². The first-order valence-corrected chi connectivity index (χ1v) is 6.63. The van der Waals surface area contributed by atoms with Crippen LogP contribution in [0.3, 0.4) is 0 Å². The molecule has 1 atom stereocenters. The Hall–Kier alpha value is -0.790. The van der Waals surface area contributed by atoms with Crippen molar-refractivity contribution >= 4 is 5.71 Å². The van der Waals surface area contributed by atoms with Crippen molar-refractivity contribution in [1.82, 2.24) is 0 Å². The Balaban J connectivity index is 1.92. The molecule has 1 heterocycles. The molecule has 0 bridgehead atoms. The van der Waals surface area contributed by atoms with Crippen LogP contribution in [0.5, 0.6) is 0 Å². The topological polar surface area (TPSA) is 21.6 Å². The molecule has 2 nitrogen and oxygen atoms in total. The molecule has 0 spiro atoms. The van der Waals surface area contributed by atoms with Gasteiger partial charge in [0.15, 0.2) is 0 Å². The van der Waals surface area contributed by atoms with Gasteiger partial charge in [0, 0.05) is 5.71 Å². The molecule has 1 unspecified atom stereocenters. The standard InChI is InChI=1S/C14H23NO/c1-11-7-6-10-14(16-11)12(2)15-13-8-4-3-5-9-13/h7,13-14H,3-6,8-10H2,1-2H3. The van der Waals surface area contributed by atoms with Crippen molar-refractivity contribution < 1.29 is 4.74 Å². The van der Waals surface area contributed by atoms with E-state index in [0.717, 1.165) is 18.6 Å². The third-order valence-electron chi connectivity index (χ3n) is 3.62. The van der Waals surface area contributed by atoms with Gasteiger partial charge in [0.25, 0.3) is 0 Å². The highest BCUT2D eigenvalue weighted by Gasteiger charge is 2.19. The Morgan fingerprint density at radius 2 is 2.00 bits per heavy atom. The molecule has 16 heavy (non-hydrogen) atoms. The summed E-state index contributed by atoms with van der Waals surface area (Å²) in [6, 6.07) is 0.573. The molecular weight excluding hydrogens is 198 g/mol. The maximum atomic E-state index is 5.82. The Morgan fingerprint density at radius 3 is 2.69 bits per heavy atom. The first kappa shape index (κ1) is 11.7. The molecule has 0 aromatic heterocycles. The van der Waals surface area contributed by atoms with E-state index in [2.05, 4.69) is 13.0 Å². The molecule has 2 aliphatic rings. The van der Waals surface area contributed by atoms with Gasteiger partial charge in [0.2, 0.25) is 0 Å². The van der Waals surface area contributed by atoms with E-state index in [4.69, 9.17) is 9.73 Å². The molecule has 0 N–H and O–H groups in total. The summed E-state index contributed by atoms with van der Waals surface area (Å²) in [7, 11) is 0. The summed E-state index contributed by atoms with van der Waals surface area (Å²) in [5, 5.41) is 0. The Labute approximate surface area is 98.8 Å². The van der Waals surface area contributed by atoms with Crippen LogP contribution in [0.15, 0.2) is 16.8 Å². The zero-order valence-corrected chi connectivity index (χ0v) is 10.5. The van der Waals surface area contributed by atoms with E-state index in [1.54, 1.807) is 0 Å². The van der Waals surface area contributed by atoms with Gasteiger partial charge in [-0.1, -0.05) is 19.3 Å². The minimum atomic E-state index is 0.243. The molecule has 90 valence electrons. The largest absolute Gasteiger partial charge is 0.489 e. The van der Waals surface area contributed by atoms with Gasteiger partial charge in [0.05, 0.1) is 11.8 Å². The van der Waals surface area contributed by atoms with Crippen LogP contribution in [0.25, 0.3) is 0 Å². The number of aliphatic imine (C=N–C) groups is 1. The average molecular weight is 221 g/mol. The quantitative estimate of drug-likeness (QED) is 0.649. The van der Waals surface area contributed by atoms with Gasteiger partial charge in [-0.05, 0) is 45.6 Å². The summed E-state index contributed by atoms with van der Waals surface area (Å²) in [6.45, 7) is 4.18. The van der Waals surface area contributed by atoms with Crippen LogP contribution in [-0.2, 0) is 4.74 Å². The van der Waals surface area contributed by atoms with E-state index in [9.17, 15) is 0 Å². The summed E-state index contributed by atoms with van der Waals surface area (Å²) >= 11 is 0. The van der Waals surface area contributed by atoms with Crippen LogP contribution in [0.2, 0.25) is 0 Å². The van der Waals surface area contributed by atoms with E-state index < -0.39 is 0 Å². The van der Waals surface area contributed by atoms with Crippen molar-refractivity contribution in [2.45, 2.75) is 70.9 Å². The molecule has 0 aromatic carbocycles. The second-order valence-corrected chi connectivity index (χ2v) is 5.06. The number of nitrogens with zero attached hydrogens (tertiary/aromatic N) is 1.